The molecule has 0 spiro atoms. The normalized spacial score (nSPS) is 19.3. The van der Waals surface area contributed by atoms with E-state index >= 15 is 0 Å². The van der Waals surface area contributed by atoms with Crippen molar-refractivity contribution in [1.82, 2.24) is 5.32 Å². The lowest BCUT2D eigenvalue weighted by Gasteiger charge is -2.02. The number of carbonyl (C=O) groups excluding carboxylic acids is 1. The molecule has 4 nitrogen and oxygen atoms in total. The van der Waals surface area contributed by atoms with Crippen molar-refractivity contribution in [3.8, 4) is 0 Å². The second kappa shape index (κ2) is 5.18. The molecule has 0 radical (unpaired) electrons. The Labute approximate surface area is 110 Å². The molecule has 0 unspecified atom stereocenters. The van der Waals surface area contributed by atoms with Crippen molar-refractivity contribution in [2.24, 2.45) is 4.99 Å². The number of nitrogens with one attached hydrogen (secondary N) is 2. The molecule has 0 aromatic heterocycles. The van der Waals surface area contributed by atoms with Crippen LogP contribution in [0.25, 0.3) is 6.08 Å². The number of hydrogen-bond donors (Lipinski definition) is 2. The van der Waals surface area contributed by atoms with Gasteiger partial charge < -0.3 is 10.7 Å². The van der Waals surface area contributed by atoms with Crippen LogP contribution < -0.4 is 5.32 Å². The smallest absolute Gasteiger partial charge is 0.289 e. The molecule has 1 saturated heterocycles. The molecule has 0 bridgehead atoms. The number of amidine groups is 1. The summed E-state index contributed by atoms with van der Waals surface area (Å²) in [6.07, 6.45) is 3.23. The molecule has 92 valence electrons. The van der Waals surface area contributed by atoms with E-state index in [1.165, 1.54) is 6.21 Å². The highest BCUT2D eigenvalue weighted by Gasteiger charge is 2.22. The second-order valence-corrected chi connectivity index (χ2v) is 4.87. The molecule has 0 atom stereocenters. The summed E-state index contributed by atoms with van der Waals surface area (Å²) >= 11 is 1.13. The van der Waals surface area contributed by atoms with E-state index in [0.717, 1.165) is 33.4 Å². The van der Waals surface area contributed by atoms with E-state index in [9.17, 15) is 4.79 Å². The summed E-state index contributed by atoms with van der Waals surface area (Å²) in [4.78, 5) is 16.1. The van der Waals surface area contributed by atoms with Gasteiger partial charge in [0.2, 0.25) is 0 Å². The van der Waals surface area contributed by atoms with Gasteiger partial charge in [0.1, 0.15) is 5.84 Å². The summed E-state index contributed by atoms with van der Waals surface area (Å²) in [5.74, 6) is 0.599. The minimum Gasteiger partial charge on any atom is -0.308 e. The van der Waals surface area contributed by atoms with Crippen LogP contribution in [0.1, 0.15) is 16.7 Å². The highest BCUT2D eigenvalue weighted by atomic mass is 32.2. The molecule has 0 aliphatic carbocycles. The highest BCUT2D eigenvalue weighted by Crippen LogP contribution is 2.26. The third-order valence-corrected chi connectivity index (χ3v) is 3.46. The fourth-order valence-electron chi connectivity index (χ4n) is 1.65. The largest absolute Gasteiger partial charge is 0.308 e. The van der Waals surface area contributed by atoms with Crippen molar-refractivity contribution in [3.63, 3.8) is 0 Å². The van der Waals surface area contributed by atoms with Crippen LogP contribution in [0.2, 0.25) is 0 Å². The Balaban J connectivity index is 2.39. The molecular formula is C13H13N3OS. The third-order valence-electron chi connectivity index (χ3n) is 2.64. The van der Waals surface area contributed by atoms with Crippen molar-refractivity contribution in [2.75, 3.05) is 7.05 Å². The average Bonchev–Trinajstić information content (AvgIpc) is 2.72. The van der Waals surface area contributed by atoms with E-state index in [1.54, 1.807) is 7.05 Å². The fraction of sp³-hybridized carbons (Fsp3) is 0.154. The molecular weight excluding hydrogens is 246 g/mol. The zero-order chi connectivity index (χ0) is 13.1. The van der Waals surface area contributed by atoms with Gasteiger partial charge in [-0.3, -0.25) is 9.79 Å². The molecule has 18 heavy (non-hydrogen) atoms. The van der Waals surface area contributed by atoms with Gasteiger partial charge in [-0.2, -0.15) is 0 Å². The maximum atomic E-state index is 11.3. The predicted octanol–water partition coefficient (Wildman–Crippen LogP) is 2.82. The van der Waals surface area contributed by atoms with E-state index in [1.807, 2.05) is 31.2 Å². The van der Waals surface area contributed by atoms with Crippen LogP contribution in [0.4, 0.5) is 4.79 Å². The first-order valence-corrected chi connectivity index (χ1v) is 6.24. The topological polar surface area (TPSA) is 65.3 Å². The Kier molecular flexibility index (Phi) is 3.62. The van der Waals surface area contributed by atoms with E-state index in [4.69, 9.17) is 5.41 Å². The number of nitrogens with zero attached hydrogens (tertiary/aromatic N) is 1. The lowest BCUT2D eigenvalue weighted by Crippen LogP contribution is -2.18. The molecule has 1 aromatic carbocycles. The number of amides is 1. The van der Waals surface area contributed by atoms with Crippen LogP contribution in [0.3, 0.4) is 0 Å². The summed E-state index contributed by atoms with van der Waals surface area (Å²) in [6.45, 7) is 1.96. The molecule has 2 N–H and O–H groups in total. The molecule has 0 saturated carbocycles. The van der Waals surface area contributed by atoms with E-state index in [0.29, 0.717) is 5.84 Å². The molecule has 1 heterocycles. The zero-order valence-electron chi connectivity index (χ0n) is 10.2. The standard InChI is InChI=1S/C13H13N3OS/c1-8-3-4-9(5-10(8)7-14)6-11-12(15-2)16-13(17)18-11/h3-7,14H,1-2H3,(H,15,16,17)/b11-6-,14-7?. The van der Waals surface area contributed by atoms with Crippen molar-refractivity contribution < 1.29 is 4.79 Å². The number of aryl methyl sites for hydroxylation is 1. The lowest BCUT2D eigenvalue weighted by molar-refractivity contribution is 0.265. The molecule has 1 aliphatic heterocycles. The van der Waals surface area contributed by atoms with Gasteiger partial charge in [-0.05, 0) is 47.5 Å². The first-order valence-electron chi connectivity index (χ1n) is 5.43. The van der Waals surface area contributed by atoms with E-state index in [2.05, 4.69) is 10.3 Å². The summed E-state index contributed by atoms with van der Waals surface area (Å²) in [5, 5.41) is 9.90. The predicted molar refractivity (Wildman–Crippen MR) is 76.5 cm³/mol. The van der Waals surface area contributed by atoms with Crippen molar-refractivity contribution in [2.45, 2.75) is 6.92 Å². The summed E-state index contributed by atoms with van der Waals surface area (Å²) in [6, 6.07) is 5.85. The molecule has 2 rings (SSSR count). The van der Waals surface area contributed by atoms with Crippen molar-refractivity contribution in [3.05, 3.63) is 39.8 Å². The number of aliphatic imine (C=N–C) groups is 1. The number of benzene rings is 1. The van der Waals surface area contributed by atoms with Gasteiger partial charge in [-0.15, -0.1) is 0 Å². The highest BCUT2D eigenvalue weighted by molar-refractivity contribution is 8.18. The van der Waals surface area contributed by atoms with Gasteiger partial charge >= 0.3 is 0 Å². The SMILES string of the molecule is CN=C1NC(=O)S/C1=C\c1ccc(C)c(C=N)c1. The minimum absolute atomic E-state index is 0.110. The molecule has 5 heteroatoms. The molecule has 1 fully saturated rings. The van der Waals surface area contributed by atoms with Gasteiger partial charge in [0.25, 0.3) is 5.24 Å². The van der Waals surface area contributed by atoms with Crippen molar-refractivity contribution >= 4 is 35.1 Å². The van der Waals surface area contributed by atoms with E-state index in [-0.39, 0.29) is 5.24 Å². The monoisotopic (exact) mass is 259 g/mol. The molecule has 1 aliphatic rings. The van der Waals surface area contributed by atoms with Crippen LogP contribution in [0.15, 0.2) is 28.1 Å². The van der Waals surface area contributed by atoms with Gasteiger partial charge in [0.05, 0.1) is 4.91 Å². The minimum atomic E-state index is -0.110. The quantitative estimate of drug-likeness (QED) is 0.802. The van der Waals surface area contributed by atoms with E-state index < -0.39 is 0 Å². The number of thioether (sulfide) groups is 1. The maximum Gasteiger partial charge on any atom is 0.289 e. The van der Waals surface area contributed by atoms with Crippen LogP contribution in [0.5, 0.6) is 0 Å². The first kappa shape index (κ1) is 12.6. The number of rotatable bonds is 2. The Morgan fingerprint density at radius 2 is 2.22 bits per heavy atom. The summed E-state index contributed by atoms with van der Waals surface area (Å²) in [5.41, 5.74) is 2.89. The summed E-state index contributed by atoms with van der Waals surface area (Å²) in [7, 11) is 1.65. The Morgan fingerprint density at radius 1 is 1.44 bits per heavy atom. The Hall–Kier alpha value is -1.88. The van der Waals surface area contributed by atoms with Crippen molar-refractivity contribution in [1.29, 1.82) is 5.41 Å². The number of carbonyl (C=O) groups is 1. The third kappa shape index (κ3) is 2.51. The van der Waals surface area contributed by atoms with Gasteiger partial charge in [-0.1, -0.05) is 12.1 Å². The van der Waals surface area contributed by atoms with Gasteiger partial charge in [-0.25, -0.2) is 0 Å². The summed E-state index contributed by atoms with van der Waals surface area (Å²) < 4.78 is 0. The van der Waals surface area contributed by atoms with Crippen LogP contribution in [0, 0.1) is 12.3 Å². The van der Waals surface area contributed by atoms with Crippen LogP contribution in [-0.2, 0) is 0 Å². The van der Waals surface area contributed by atoms with Crippen LogP contribution >= 0.6 is 11.8 Å². The second-order valence-electron chi connectivity index (χ2n) is 3.86. The van der Waals surface area contributed by atoms with Crippen LogP contribution in [-0.4, -0.2) is 24.3 Å². The zero-order valence-corrected chi connectivity index (χ0v) is 11.0. The molecule has 1 amide bonds. The van der Waals surface area contributed by atoms with Gasteiger partial charge in [0.15, 0.2) is 0 Å². The average molecular weight is 259 g/mol. The lowest BCUT2D eigenvalue weighted by atomic mass is 10.1. The fourth-order valence-corrected chi connectivity index (χ4v) is 2.43. The Bertz CT molecular complexity index is 576. The molecule has 1 aromatic rings. The van der Waals surface area contributed by atoms with Gasteiger partial charge in [0, 0.05) is 13.3 Å². The number of hydrogen-bond acceptors (Lipinski definition) is 4. The Morgan fingerprint density at radius 3 is 2.89 bits per heavy atom. The maximum absolute atomic E-state index is 11.3. The first-order chi connectivity index (χ1) is 8.63.